The molecule has 0 bridgehead atoms. The Morgan fingerprint density at radius 3 is 1.89 bits per heavy atom. The van der Waals surface area contributed by atoms with Crippen LogP contribution in [-0.4, -0.2) is 32.1 Å². The summed E-state index contributed by atoms with van der Waals surface area (Å²) in [5, 5.41) is 34.6. The van der Waals surface area contributed by atoms with Gasteiger partial charge in [0.15, 0.2) is 0 Å². The monoisotopic (exact) mass is 665 g/mol. The van der Waals surface area contributed by atoms with Gasteiger partial charge in [0.25, 0.3) is 11.4 Å². The van der Waals surface area contributed by atoms with E-state index in [0.29, 0.717) is 11.0 Å². The second kappa shape index (κ2) is 15.9. The summed E-state index contributed by atoms with van der Waals surface area (Å²) in [6.07, 6.45) is 11.2. The Balaban J connectivity index is 1.85. The first-order valence-corrected chi connectivity index (χ1v) is 15.6. The molecule has 0 saturated carbocycles. The molecule has 1 N–H and O–H groups in total. The highest BCUT2D eigenvalue weighted by atomic mass is 35.5. The third kappa shape index (κ3) is 8.04. The number of rotatable bonds is 16. The fourth-order valence-corrected chi connectivity index (χ4v) is 6.07. The Morgan fingerprint density at radius 2 is 1.38 bits per heavy atom. The summed E-state index contributed by atoms with van der Waals surface area (Å²) < 4.78 is 11.3. The molecule has 0 aliphatic heterocycles. The number of nitrogens with zero attached hydrogens (tertiary/aromatic N) is 3. The normalized spacial score (nSPS) is 11.2. The molecular weight excluding hydrogens is 629 g/mol. The van der Waals surface area contributed by atoms with Crippen LogP contribution < -0.4 is 5.76 Å². The average molecular weight is 667 g/mol. The quantitative estimate of drug-likeness (QED) is 0.0679. The SMILES string of the molecule is CCCCCCCCCCCCOC(=O)c1cc(-n2c(O)c(-c3c(C)c([N+](=O)[O-])c(C)c([N+](=O)[O-])c3C)oc2=O)c(Cl)cc1Cl. The van der Waals surface area contributed by atoms with Crippen LogP contribution in [0.1, 0.15) is 98.2 Å². The number of carbonyl (C=O) groups excluding carboxylic acids is 1. The molecule has 0 fully saturated rings. The number of aromatic nitrogens is 1. The molecule has 0 amide bonds. The molecule has 1 aromatic heterocycles. The minimum atomic E-state index is -1.17. The van der Waals surface area contributed by atoms with E-state index in [-0.39, 0.29) is 50.2 Å². The lowest BCUT2D eigenvalue weighted by Gasteiger charge is -2.12. The lowest BCUT2D eigenvalue weighted by molar-refractivity contribution is -0.395. The van der Waals surface area contributed by atoms with Crippen LogP contribution in [0.15, 0.2) is 21.3 Å². The van der Waals surface area contributed by atoms with E-state index in [9.17, 15) is 34.9 Å². The van der Waals surface area contributed by atoms with Gasteiger partial charge in [-0.3, -0.25) is 20.2 Å². The van der Waals surface area contributed by atoms with Gasteiger partial charge in [0, 0.05) is 16.7 Å². The summed E-state index contributed by atoms with van der Waals surface area (Å²) in [5.74, 6) is -3.31. The number of ether oxygens (including phenoxy) is 1. The molecule has 244 valence electrons. The molecule has 12 nitrogen and oxygen atoms in total. The summed E-state index contributed by atoms with van der Waals surface area (Å²) in [6, 6.07) is 2.36. The Hall–Kier alpha value is -3.90. The first-order chi connectivity index (χ1) is 21.3. The predicted octanol–water partition coefficient (Wildman–Crippen LogP) is 8.93. The van der Waals surface area contributed by atoms with Gasteiger partial charge >= 0.3 is 11.7 Å². The summed E-state index contributed by atoms with van der Waals surface area (Å²) in [6.45, 7) is 6.25. The highest BCUT2D eigenvalue weighted by Crippen LogP contribution is 2.45. The van der Waals surface area contributed by atoms with Gasteiger partial charge in [0.1, 0.15) is 5.56 Å². The number of nitro benzene ring substituents is 2. The number of carbonyl (C=O) groups is 1. The van der Waals surface area contributed by atoms with Crippen LogP contribution in [-0.2, 0) is 4.74 Å². The molecule has 0 unspecified atom stereocenters. The number of esters is 1. The van der Waals surface area contributed by atoms with Gasteiger partial charge in [-0.2, -0.15) is 0 Å². The summed E-state index contributed by atoms with van der Waals surface area (Å²) in [7, 11) is 0. The predicted molar refractivity (Wildman–Crippen MR) is 171 cm³/mol. The number of benzene rings is 2. The number of oxazole rings is 1. The maximum Gasteiger partial charge on any atom is 0.427 e. The highest BCUT2D eigenvalue weighted by molar-refractivity contribution is 6.37. The highest BCUT2D eigenvalue weighted by Gasteiger charge is 2.35. The molecule has 3 aromatic rings. The number of hydrogen-bond acceptors (Lipinski definition) is 9. The van der Waals surface area contributed by atoms with Crippen LogP contribution in [0.2, 0.25) is 10.0 Å². The van der Waals surface area contributed by atoms with Crippen LogP contribution in [0.3, 0.4) is 0 Å². The van der Waals surface area contributed by atoms with Crippen molar-refractivity contribution >= 4 is 40.5 Å². The minimum absolute atomic E-state index is 0.0513. The van der Waals surface area contributed by atoms with Crippen molar-refractivity contribution in [3.8, 4) is 22.9 Å². The third-order valence-corrected chi connectivity index (χ3v) is 8.39. The average Bonchev–Trinajstić information content (AvgIpc) is 3.24. The maximum absolute atomic E-state index is 13.0. The molecular formula is C31H37Cl2N3O9. The molecule has 45 heavy (non-hydrogen) atoms. The number of unbranched alkanes of at least 4 members (excludes halogenated alkanes) is 9. The molecule has 2 aromatic carbocycles. The van der Waals surface area contributed by atoms with Crippen molar-refractivity contribution in [2.75, 3.05) is 6.61 Å². The second-order valence-corrected chi connectivity index (χ2v) is 11.7. The molecule has 0 aliphatic rings. The Morgan fingerprint density at radius 1 is 0.867 bits per heavy atom. The van der Waals surface area contributed by atoms with Gasteiger partial charge in [0.2, 0.25) is 11.6 Å². The zero-order chi connectivity index (χ0) is 33.4. The molecule has 0 atom stereocenters. The molecule has 0 saturated heterocycles. The van der Waals surface area contributed by atoms with Crippen molar-refractivity contribution in [3.05, 3.63) is 75.2 Å². The van der Waals surface area contributed by atoms with Crippen LogP contribution in [0, 0.1) is 41.0 Å². The Kier molecular flexibility index (Phi) is 12.6. The summed E-state index contributed by atoms with van der Waals surface area (Å²) in [5.41, 5.74) is -1.93. The Bertz CT molecular complexity index is 1610. The maximum atomic E-state index is 13.0. The van der Waals surface area contributed by atoms with E-state index in [1.54, 1.807) is 0 Å². The fourth-order valence-electron chi connectivity index (χ4n) is 5.52. The summed E-state index contributed by atoms with van der Waals surface area (Å²) in [4.78, 5) is 48.0. The van der Waals surface area contributed by atoms with Crippen molar-refractivity contribution in [1.29, 1.82) is 0 Å². The van der Waals surface area contributed by atoms with Crippen LogP contribution in [0.5, 0.6) is 5.88 Å². The molecule has 3 rings (SSSR count). The van der Waals surface area contributed by atoms with Gasteiger partial charge in [-0.1, -0.05) is 87.9 Å². The molecule has 0 aliphatic carbocycles. The molecule has 14 heteroatoms. The van der Waals surface area contributed by atoms with Crippen LogP contribution in [0.4, 0.5) is 11.4 Å². The zero-order valence-electron chi connectivity index (χ0n) is 25.7. The van der Waals surface area contributed by atoms with Gasteiger partial charge in [-0.15, -0.1) is 0 Å². The third-order valence-electron chi connectivity index (χ3n) is 7.78. The van der Waals surface area contributed by atoms with E-state index in [1.807, 2.05) is 0 Å². The fraction of sp³-hybridized carbons (Fsp3) is 0.484. The van der Waals surface area contributed by atoms with E-state index in [1.165, 1.54) is 65.4 Å². The largest absolute Gasteiger partial charge is 0.491 e. The number of hydrogen-bond donors (Lipinski definition) is 1. The first kappa shape index (κ1) is 35.6. The topological polar surface area (TPSA) is 168 Å². The summed E-state index contributed by atoms with van der Waals surface area (Å²) >= 11 is 12.6. The van der Waals surface area contributed by atoms with Gasteiger partial charge in [-0.05, 0) is 39.3 Å². The van der Waals surface area contributed by atoms with E-state index in [2.05, 4.69) is 6.92 Å². The van der Waals surface area contributed by atoms with Crippen molar-refractivity contribution in [2.24, 2.45) is 0 Å². The van der Waals surface area contributed by atoms with Crippen LogP contribution >= 0.6 is 23.2 Å². The van der Waals surface area contributed by atoms with Gasteiger partial charge < -0.3 is 14.3 Å². The van der Waals surface area contributed by atoms with Crippen molar-refractivity contribution in [2.45, 2.75) is 91.9 Å². The standard InChI is InChI=1S/C31H37Cl2N3O9/c1-5-6-7-8-9-10-11-12-13-14-15-44-30(38)21-16-24(23(33)17-22(21)32)34-29(37)28(45-31(34)39)25-18(2)26(35(40)41)20(4)27(19(25)3)36(42)43/h16-17,37H,5-15H2,1-4H3. The smallest absolute Gasteiger partial charge is 0.427 e. The van der Waals surface area contributed by atoms with Crippen LogP contribution in [0.25, 0.3) is 17.0 Å². The molecule has 0 radical (unpaired) electrons. The van der Waals surface area contributed by atoms with E-state index in [4.69, 9.17) is 32.4 Å². The van der Waals surface area contributed by atoms with Gasteiger partial charge in [-0.25, -0.2) is 14.2 Å². The first-order valence-electron chi connectivity index (χ1n) is 14.9. The van der Waals surface area contributed by atoms with Crippen molar-refractivity contribution in [1.82, 2.24) is 4.57 Å². The minimum Gasteiger partial charge on any atom is -0.491 e. The second-order valence-electron chi connectivity index (χ2n) is 10.9. The van der Waals surface area contributed by atoms with Crippen molar-refractivity contribution < 1.29 is 28.9 Å². The van der Waals surface area contributed by atoms with Gasteiger partial charge in [0.05, 0.1) is 37.7 Å². The van der Waals surface area contributed by atoms with Crippen molar-refractivity contribution in [3.63, 3.8) is 0 Å². The lowest BCUT2D eigenvalue weighted by Crippen LogP contribution is -2.14. The Labute approximate surface area is 270 Å². The lowest BCUT2D eigenvalue weighted by atomic mass is 9.93. The number of aromatic hydroxyl groups is 1. The van der Waals surface area contributed by atoms with E-state index < -0.39 is 44.6 Å². The number of nitro groups is 2. The van der Waals surface area contributed by atoms with E-state index >= 15 is 0 Å². The van der Waals surface area contributed by atoms with E-state index in [0.717, 1.165) is 25.3 Å². The zero-order valence-corrected chi connectivity index (χ0v) is 27.3. The molecule has 1 heterocycles. The number of halogens is 2. The molecule has 0 spiro atoms.